The third-order valence-electron chi connectivity index (χ3n) is 10.9. The highest BCUT2D eigenvalue weighted by Crippen LogP contribution is 2.62. The van der Waals surface area contributed by atoms with Crippen molar-refractivity contribution in [2.24, 2.45) is 23.2 Å². The van der Waals surface area contributed by atoms with Gasteiger partial charge in [0.05, 0.1) is 12.2 Å². The van der Waals surface area contributed by atoms with Gasteiger partial charge in [0.15, 0.2) is 0 Å². The number of unbranched alkanes of at least 4 members (excludes halogenated alkanes) is 6. The molecule has 9 heteroatoms. The van der Waals surface area contributed by atoms with Crippen LogP contribution >= 0.6 is 0 Å². The van der Waals surface area contributed by atoms with E-state index < -0.39 is 29.3 Å². The van der Waals surface area contributed by atoms with Gasteiger partial charge >= 0.3 is 12.1 Å². The summed E-state index contributed by atoms with van der Waals surface area (Å²) >= 11 is 0. The minimum Gasteiger partial charge on any atom is -0.491 e. The first-order valence-electron chi connectivity index (χ1n) is 17.0. The second-order valence-electron chi connectivity index (χ2n) is 14.3. The fraction of sp³-hybridized carbons (Fsp3) is 0.829. The Morgan fingerprint density at radius 2 is 1.61 bits per heavy atom. The number of alkyl halides is 5. The summed E-state index contributed by atoms with van der Waals surface area (Å²) in [6.07, 6.45) is 6.51. The lowest BCUT2D eigenvalue weighted by atomic mass is 9.52. The molecule has 7 atom stereocenters. The van der Waals surface area contributed by atoms with Crippen molar-refractivity contribution in [1.29, 1.82) is 0 Å². The number of rotatable bonds is 16. The molecule has 1 aromatic rings. The number of hydrogen-bond donors (Lipinski definition) is 1. The molecule has 0 aromatic heterocycles. The Morgan fingerprint density at radius 1 is 0.955 bits per heavy atom. The van der Waals surface area contributed by atoms with E-state index in [1.165, 1.54) is 30.4 Å². The fourth-order valence-corrected chi connectivity index (χ4v) is 9.82. The highest BCUT2D eigenvalue weighted by molar-refractivity contribution is 7.84. The van der Waals surface area contributed by atoms with E-state index in [4.69, 9.17) is 4.74 Å². The Bertz CT molecular complexity index is 1090. The molecule has 3 aliphatic rings. The van der Waals surface area contributed by atoms with E-state index in [0.717, 1.165) is 63.5 Å². The average molecular weight is 649 g/mol. The largest absolute Gasteiger partial charge is 0.491 e. The van der Waals surface area contributed by atoms with Crippen LogP contribution in [0.15, 0.2) is 18.2 Å². The van der Waals surface area contributed by atoms with E-state index in [1.54, 1.807) is 0 Å². The maximum absolute atomic E-state index is 13.0. The number of hydrogen-bond acceptors (Lipinski definition) is 3. The molecule has 0 bridgehead atoms. The fourth-order valence-electron chi connectivity index (χ4n) is 8.62. The van der Waals surface area contributed by atoms with Crippen LogP contribution in [0.25, 0.3) is 0 Å². The molecule has 2 fully saturated rings. The molecule has 0 saturated heterocycles. The predicted molar refractivity (Wildman–Crippen MR) is 167 cm³/mol. The summed E-state index contributed by atoms with van der Waals surface area (Å²) < 4.78 is 80.8. The smallest absolute Gasteiger partial charge is 0.453 e. The lowest BCUT2D eigenvalue weighted by molar-refractivity contribution is -0.284. The minimum atomic E-state index is -5.54. The monoisotopic (exact) mass is 648 g/mol. The van der Waals surface area contributed by atoms with E-state index in [-0.39, 0.29) is 29.8 Å². The average Bonchev–Trinajstić information content (AvgIpc) is 3.24. The Morgan fingerprint density at radius 3 is 2.30 bits per heavy atom. The van der Waals surface area contributed by atoms with Crippen molar-refractivity contribution in [3.8, 4) is 5.75 Å². The molecule has 44 heavy (non-hydrogen) atoms. The van der Waals surface area contributed by atoms with Gasteiger partial charge in [-0.25, -0.2) is 0 Å². The van der Waals surface area contributed by atoms with E-state index in [0.29, 0.717) is 35.8 Å². The SMILES string of the molecule is CC(C)Oc1ccc2c(c1)C[C@@H](CCCCCCCCCS(=O)CCCC(F)(F)C(F)(F)F)[C@@H]1C2CC[C@]2(C)[C@@H](O)CC[C@@H]12. The molecule has 252 valence electrons. The summed E-state index contributed by atoms with van der Waals surface area (Å²) in [6.45, 7) is 6.45. The minimum absolute atomic E-state index is 0.0371. The molecule has 0 amide bonds. The van der Waals surface area contributed by atoms with Gasteiger partial charge in [-0.3, -0.25) is 4.21 Å². The summed E-state index contributed by atoms with van der Waals surface area (Å²) in [4.78, 5) is 0. The van der Waals surface area contributed by atoms with Crippen molar-refractivity contribution in [3.05, 3.63) is 29.3 Å². The van der Waals surface area contributed by atoms with Gasteiger partial charge in [-0.2, -0.15) is 22.0 Å². The summed E-state index contributed by atoms with van der Waals surface area (Å²) in [7, 11) is -1.35. The van der Waals surface area contributed by atoms with Crippen molar-refractivity contribution in [2.75, 3.05) is 11.5 Å². The van der Waals surface area contributed by atoms with Gasteiger partial charge in [-0.1, -0.05) is 51.5 Å². The third kappa shape index (κ3) is 8.57. The van der Waals surface area contributed by atoms with Gasteiger partial charge in [0.1, 0.15) is 5.75 Å². The molecular formula is C35H53F5O3S. The number of halogens is 5. The Balaban J connectivity index is 1.20. The van der Waals surface area contributed by atoms with Crippen LogP contribution in [0.3, 0.4) is 0 Å². The molecule has 3 nitrogen and oxygen atoms in total. The predicted octanol–water partition coefficient (Wildman–Crippen LogP) is 9.76. The number of fused-ring (bicyclic) bond motifs is 5. The molecule has 0 heterocycles. The van der Waals surface area contributed by atoms with Gasteiger partial charge in [0.2, 0.25) is 0 Å². The summed E-state index contributed by atoms with van der Waals surface area (Å²) in [5, 5.41) is 10.9. The molecule has 0 spiro atoms. The Hall–Kier alpha value is -1.22. The van der Waals surface area contributed by atoms with Crippen LogP contribution in [0.5, 0.6) is 5.75 Å². The lowest BCUT2D eigenvalue weighted by Gasteiger charge is -2.53. The number of ether oxygens (including phenoxy) is 1. The zero-order valence-electron chi connectivity index (χ0n) is 26.8. The molecule has 0 aliphatic heterocycles. The van der Waals surface area contributed by atoms with Crippen LogP contribution in [0.1, 0.15) is 128 Å². The van der Waals surface area contributed by atoms with Crippen LogP contribution < -0.4 is 4.74 Å². The first-order valence-corrected chi connectivity index (χ1v) is 18.5. The van der Waals surface area contributed by atoms with Crippen molar-refractivity contribution >= 4 is 10.8 Å². The van der Waals surface area contributed by atoms with E-state index >= 15 is 0 Å². The number of benzene rings is 1. The maximum Gasteiger partial charge on any atom is 0.453 e. The van der Waals surface area contributed by atoms with Gasteiger partial charge in [-0.15, -0.1) is 0 Å². The summed E-state index contributed by atoms with van der Waals surface area (Å²) in [6, 6.07) is 6.74. The second kappa shape index (κ2) is 15.1. The molecule has 3 aliphatic carbocycles. The zero-order chi connectivity index (χ0) is 32.1. The topological polar surface area (TPSA) is 46.5 Å². The summed E-state index contributed by atoms with van der Waals surface area (Å²) in [5.74, 6) is -1.12. The first-order chi connectivity index (χ1) is 20.7. The van der Waals surface area contributed by atoms with Crippen molar-refractivity contribution in [1.82, 2.24) is 0 Å². The Kier molecular flexibility index (Phi) is 12.2. The van der Waals surface area contributed by atoms with Crippen LogP contribution in [0, 0.1) is 23.2 Å². The molecule has 0 radical (unpaired) electrons. The van der Waals surface area contributed by atoms with Gasteiger partial charge < -0.3 is 9.84 Å². The molecule has 4 rings (SSSR count). The van der Waals surface area contributed by atoms with Crippen molar-refractivity contribution in [3.63, 3.8) is 0 Å². The lowest BCUT2D eigenvalue weighted by Crippen LogP contribution is -2.47. The molecule has 2 saturated carbocycles. The van der Waals surface area contributed by atoms with Gasteiger partial charge in [0, 0.05) is 28.7 Å². The molecule has 1 aromatic carbocycles. The quantitative estimate of drug-likeness (QED) is 0.143. The number of aliphatic hydroxyl groups excluding tert-OH is 1. The van der Waals surface area contributed by atoms with Crippen LogP contribution in [-0.4, -0.2) is 45.1 Å². The summed E-state index contributed by atoms with van der Waals surface area (Å²) in [5.41, 5.74) is 2.99. The van der Waals surface area contributed by atoms with E-state index in [2.05, 4.69) is 39.0 Å². The third-order valence-corrected chi connectivity index (χ3v) is 12.4. The van der Waals surface area contributed by atoms with Gasteiger partial charge in [-0.05, 0) is 118 Å². The molecule has 1 N–H and O–H groups in total. The number of aliphatic hydroxyl groups is 1. The van der Waals surface area contributed by atoms with Crippen LogP contribution in [-0.2, 0) is 17.2 Å². The normalized spacial score (nSPS) is 29.3. The van der Waals surface area contributed by atoms with E-state index in [1.807, 2.05) is 0 Å². The highest BCUT2D eigenvalue weighted by Gasteiger charge is 2.57. The van der Waals surface area contributed by atoms with Crippen LogP contribution in [0.2, 0.25) is 0 Å². The maximum atomic E-state index is 13.0. The highest BCUT2D eigenvalue weighted by atomic mass is 32.2. The van der Waals surface area contributed by atoms with Gasteiger partial charge in [0.25, 0.3) is 0 Å². The first kappa shape index (κ1) is 35.6. The van der Waals surface area contributed by atoms with Crippen molar-refractivity contribution in [2.45, 2.75) is 147 Å². The zero-order valence-corrected chi connectivity index (χ0v) is 27.6. The van der Waals surface area contributed by atoms with E-state index in [9.17, 15) is 31.3 Å². The second-order valence-corrected chi connectivity index (χ2v) is 16.0. The molecule has 2 unspecified atom stereocenters. The van der Waals surface area contributed by atoms with Crippen molar-refractivity contribution < 1.29 is 36.0 Å². The van der Waals surface area contributed by atoms with Crippen LogP contribution in [0.4, 0.5) is 22.0 Å². The Labute approximate surface area is 263 Å². The molecular weight excluding hydrogens is 595 g/mol. The standard InChI is InChI=1S/C35H53F5O3S/c1-24(2)43-27-13-14-28-26(23-27)22-25(32-29(28)17-19-33(3)30(32)15-16-31(33)41)12-9-7-5-4-6-8-10-20-44(42)21-11-18-34(36,37)35(38,39)40/h13-14,23-25,29-32,41H,4-12,15-22H2,1-3H3/t25-,29?,30+,31+,32-,33+,44?/m1/s1.